The zero-order valence-electron chi connectivity index (χ0n) is 13.6. The monoisotopic (exact) mass is 299 g/mol. The first-order valence-corrected chi connectivity index (χ1v) is 9.94. The molecule has 0 aromatic rings. The van der Waals surface area contributed by atoms with Crippen LogP contribution in [0.2, 0.25) is 0 Å². The van der Waals surface area contributed by atoms with E-state index in [1.165, 1.54) is 51.4 Å². The number of hydrogen-bond donors (Lipinski definition) is 1. The molecule has 2 aliphatic carbocycles. The summed E-state index contributed by atoms with van der Waals surface area (Å²) < 4.78 is 13.1. The van der Waals surface area contributed by atoms with E-state index >= 15 is 0 Å². The fourth-order valence-corrected chi connectivity index (χ4v) is 6.34. The standard InChI is InChI=1S/C17H33NOS/c1-4-12-18-15-10-11-17(2,3)13-16(15)20(19)14-8-6-5-7-9-14/h14-16,18H,4-13H2,1-3H3. The van der Waals surface area contributed by atoms with Gasteiger partial charge in [0, 0.05) is 22.1 Å². The minimum absolute atomic E-state index is 0.374. The van der Waals surface area contributed by atoms with E-state index in [0.717, 1.165) is 13.0 Å². The van der Waals surface area contributed by atoms with Gasteiger partial charge >= 0.3 is 0 Å². The largest absolute Gasteiger partial charge is 0.313 e. The summed E-state index contributed by atoms with van der Waals surface area (Å²) >= 11 is 0. The quantitative estimate of drug-likeness (QED) is 0.831. The van der Waals surface area contributed by atoms with Crippen molar-refractivity contribution in [2.75, 3.05) is 6.54 Å². The van der Waals surface area contributed by atoms with Crippen LogP contribution in [0.5, 0.6) is 0 Å². The Balaban J connectivity index is 2.03. The van der Waals surface area contributed by atoms with Crippen LogP contribution < -0.4 is 5.32 Å². The van der Waals surface area contributed by atoms with Gasteiger partial charge in [0.1, 0.15) is 0 Å². The van der Waals surface area contributed by atoms with E-state index in [1.54, 1.807) is 0 Å². The molecule has 0 heterocycles. The first-order chi connectivity index (χ1) is 9.53. The van der Waals surface area contributed by atoms with Gasteiger partial charge in [0.05, 0.1) is 5.25 Å². The molecule has 0 saturated heterocycles. The number of nitrogens with one attached hydrogen (secondary N) is 1. The number of rotatable bonds is 5. The average molecular weight is 300 g/mol. The zero-order valence-corrected chi connectivity index (χ0v) is 14.4. The van der Waals surface area contributed by atoms with Crippen LogP contribution in [0, 0.1) is 5.41 Å². The van der Waals surface area contributed by atoms with Crippen molar-refractivity contribution >= 4 is 10.8 Å². The normalized spacial score (nSPS) is 33.0. The van der Waals surface area contributed by atoms with Gasteiger partial charge < -0.3 is 5.32 Å². The molecule has 0 spiro atoms. The third-order valence-electron chi connectivity index (χ3n) is 5.17. The lowest BCUT2D eigenvalue weighted by atomic mass is 9.75. The molecule has 3 unspecified atom stereocenters. The fourth-order valence-electron chi connectivity index (χ4n) is 3.87. The Morgan fingerprint density at radius 3 is 2.50 bits per heavy atom. The molecular weight excluding hydrogens is 266 g/mol. The maximum Gasteiger partial charge on any atom is 0.0509 e. The van der Waals surface area contributed by atoms with E-state index in [9.17, 15) is 4.21 Å². The van der Waals surface area contributed by atoms with Crippen molar-refractivity contribution < 1.29 is 4.21 Å². The molecule has 0 amide bonds. The first-order valence-electron chi connectivity index (χ1n) is 8.66. The summed E-state index contributed by atoms with van der Waals surface area (Å²) in [4.78, 5) is 0. The van der Waals surface area contributed by atoms with Crippen molar-refractivity contribution in [3.63, 3.8) is 0 Å². The highest BCUT2D eigenvalue weighted by atomic mass is 32.2. The number of hydrogen-bond acceptors (Lipinski definition) is 2. The summed E-state index contributed by atoms with van der Waals surface area (Å²) in [6, 6.07) is 0.491. The Kier molecular flexibility index (Phi) is 6.09. The molecule has 0 radical (unpaired) electrons. The van der Waals surface area contributed by atoms with E-state index in [0.29, 0.717) is 22.0 Å². The topological polar surface area (TPSA) is 29.1 Å². The lowest BCUT2D eigenvalue weighted by Crippen LogP contribution is -2.50. The Bertz CT molecular complexity index is 323. The molecule has 2 rings (SSSR count). The van der Waals surface area contributed by atoms with Crippen molar-refractivity contribution in [3.8, 4) is 0 Å². The average Bonchev–Trinajstić information content (AvgIpc) is 2.45. The molecule has 3 atom stereocenters. The summed E-state index contributed by atoms with van der Waals surface area (Å²) in [6.07, 6.45) is 11.1. The molecule has 1 N–H and O–H groups in total. The van der Waals surface area contributed by atoms with Crippen LogP contribution in [0.3, 0.4) is 0 Å². The predicted octanol–water partition coefficient (Wildman–Crippen LogP) is 4.01. The minimum Gasteiger partial charge on any atom is -0.313 e. The molecule has 0 aromatic heterocycles. The van der Waals surface area contributed by atoms with E-state index in [2.05, 4.69) is 26.1 Å². The van der Waals surface area contributed by atoms with Gasteiger partial charge in [-0.2, -0.15) is 0 Å². The highest BCUT2D eigenvalue weighted by molar-refractivity contribution is 7.86. The van der Waals surface area contributed by atoms with Gasteiger partial charge in [0.15, 0.2) is 0 Å². The maximum atomic E-state index is 13.1. The Labute approximate surface area is 127 Å². The van der Waals surface area contributed by atoms with Gasteiger partial charge in [-0.25, -0.2) is 0 Å². The lowest BCUT2D eigenvalue weighted by Gasteiger charge is -2.42. The zero-order chi connectivity index (χ0) is 14.6. The van der Waals surface area contributed by atoms with Gasteiger partial charge in [-0.3, -0.25) is 4.21 Å². The highest BCUT2D eigenvalue weighted by Gasteiger charge is 2.40. The van der Waals surface area contributed by atoms with Crippen LogP contribution in [-0.4, -0.2) is 27.3 Å². The third-order valence-corrected chi connectivity index (χ3v) is 7.39. The summed E-state index contributed by atoms with van der Waals surface area (Å²) in [5, 5.41) is 4.55. The van der Waals surface area contributed by atoms with Crippen LogP contribution in [0.15, 0.2) is 0 Å². The van der Waals surface area contributed by atoms with E-state index < -0.39 is 10.8 Å². The second-order valence-electron chi connectivity index (χ2n) is 7.59. The molecule has 2 aliphatic rings. The summed E-state index contributed by atoms with van der Waals surface area (Å²) in [6.45, 7) is 8.00. The Morgan fingerprint density at radius 2 is 1.85 bits per heavy atom. The smallest absolute Gasteiger partial charge is 0.0509 e. The van der Waals surface area contributed by atoms with E-state index in [1.807, 2.05) is 0 Å². The molecule has 3 heteroatoms. The van der Waals surface area contributed by atoms with Crippen LogP contribution in [0.4, 0.5) is 0 Å². The summed E-state index contributed by atoms with van der Waals surface area (Å²) in [5.41, 5.74) is 0.374. The summed E-state index contributed by atoms with van der Waals surface area (Å²) in [5.74, 6) is 0. The third kappa shape index (κ3) is 4.30. The molecular formula is C17H33NOS. The maximum absolute atomic E-state index is 13.1. The van der Waals surface area contributed by atoms with Crippen molar-refractivity contribution in [1.82, 2.24) is 5.32 Å². The molecule has 2 nitrogen and oxygen atoms in total. The lowest BCUT2D eigenvalue weighted by molar-refractivity contribution is 0.211. The van der Waals surface area contributed by atoms with E-state index in [-0.39, 0.29) is 0 Å². The molecule has 118 valence electrons. The van der Waals surface area contributed by atoms with Gasteiger partial charge in [0.25, 0.3) is 0 Å². The Morgan fingerprint density at radius 1 is 1.15 bits per heavy atom. The van der Waals surface area contributed by atoms with Crippen LogP contribution in [-0.2, 0) is 10.8 Å². The molecule has 2 fully saturated rings. The minimum atomic E-state index is -0.636. The van der Waals surface area contributed by atoms with Crippen molar-refractivity contribution in [3.05, 3.63) is 0 Å². The van der Waals surface area contributed by atoms with E-state index in [4.69, 9.17) is 0 Å². The molecule has 0 aliphatic heterocycles. The van der Waals surface area contributed by atoms with Crippen molar-refractivity contribution in [2.45, 2.75) is 95.1 Å². The van der Waals surface area contributed by atoms with Gasteiger partial charge in [-0.05, 0) is 50.5 Å². The second kappa shape index (κ2) is 7.40. The molecule has 0 bridgehead atoms. The molecule has 2 saturated carbocycles. The van der Waals surface area contributed by atoms with Crippen LogP contribution in [0.25, 0.3) is 0 Å². The van der Waals surface area contributed by atoms with Gasteiger partial charge in [0.2, 0.25) is 0 Å². The first kappa shape index (κ1) is 16.5. The highest BCUT2D eigenvalue weighted by Crippen LogP contribution is 2.39. The van der Waals surface area contributed by atoms with Crippen molar-refractivity contribution in [1.29, 1.82) is 0 Å². The molecule has 0 aromatic carbocycles. The SMILES string of the molecule is CCCNC1CCC(C)(C)CC1S(=O)C1CCCCC1. The van der Waals surface area contributed by atoms with Crippen LogP contribution >= 0.6 is 0 Å². The van der Waals surface area contributed by atoms with Gasteiger partial charge in [-0.15, -0.1) is 0 Å². The Hall–Kier alpha value is 0.110. The fraction of sp³-hybridized carbons (Fsp3) is 1.00. The van der Waals surface area contributed by atoms with Gasteiger partial charge in [-0.1, -0.05) is 40.0 Å². The molecule has 20 heavy (non-hydrogen) atoms. The van der Waals surface area contributed by atoms with Crippen molar-refractivity contribution in [2.24, 2.45) is 5.41 Å². The summed E-state index contributed by atoms with van der Waals surface area (Å²) in [7, 11) is -0.636. The van der Waals surface area contributed by atoms with Crippen LogP contribution in [0.1, 0.15) is 78.6 Å². The predicted molar refractivity (Wildman–Crippen MR) is 88.5 cm³/mol. The second-order valence-corrected chi connectivity index (χ2v) is 9.52.